The number of para-hydroxylation sites is 2. The van der Waals surface area contributed by atoms with Crippen molar-refractivity contribution in [3.63, 3.8) is 0 Å². The molecule has 0 atom stereocenters. The zero-order chi connectivity index (χ0) is 37.0. The minimum atomic E-state index is 0.907. The smallest absolute Gasteiger partial charge is 0.136 e. The minimum Gasteiger partial charge on any atom is -0.456 e. The number of hydrogen-bond acceptors (Lipinski definition) is 2. The molecule has 56 heavy (non-hydrogen) atoms. The van der Waals surface area contributed by atoms with Gasteiger partial charge in [-0.15, -0.1) is 0 Å². The second-order valence-electron chi connectivity index (χ2n) is 14.5. The van der Waals surface area contributed by atoms with E-state index in [1.54, 1.807) is 0 Å². The maximum Gasteiger partial charge on any atom is 0.136 e. The lowest BCUT2D eigenvalue weighted by Crippen LogP contribution is -2.11. The molecule has 10 aromatic carbocycles. The molecule has 262 valence electrons. The maximum absolute atomic E-state index is 6.30. The van der Waals surface area contributed by atoms with Gasteiger partial charge in [0.05, 0.1) is 5.69 Å². The molecular weight excluding hydrogens is 679 g/mol. The van der Waals surface area contributed by atoms with Gasteiger partial charge in [-0.1, -0.05) is 158 Å². The molecule has 0 bridgehead atoms. The number of furan rings is 1. The zero-order valence-electron chi connectivity index (χ0n) is 30.6. The van der Waals surface area contributed by atoms with E-state index in [1.807, 2.05) is 12.1 Å². The lowest BCUT2D eigenvalue weighted by atomic mass is 9.96. The van der Waals surface area contributed by atoms with Crippen molar-refractivity contribution in [3.8, 4) is 33.4 Å². The summed E-state index contributed by atoms with van der Waals surface area (Å²) in [6, 6.07) is 76.6. The van der Waals surface area contributed by atoms with Crippen LogP contribution < -0.4 is 4.90 Å². The standard InChI is InChI=1S/C54H35NO/c1-2-10-36(11-3-1)37-22-28-44(29-23-37)55(45-30-24-38(25-31-45)41-26-32-47-42(34-41)20-18-39-12-4-5-13-46(39)47)51-16-8-6-14-48(51)43-21-19-40-27-33-53-54(50(40)35-43)49-15-7-9-17-52(49)56-53/h1-35H. The molecule has 1 heterocycles. The molecule has 0 saturated heterocycles. The van der Waals surface area contributed by atoms with Gasteiger partial charge in [0.15, 0.2) is 0 Å². The Morgan fingerprint density at radius 1 is 0.304 bits per heavy atom. The van der Waals surface area contributed by atoms with Crippen LogP contribution in [0.2, 0.25) is 0 Å². The number of rotatable bonds is 6. The van der Waals surface area contributed by atoms with E-state index in [0.717, 1.165) is 50.1 Å². The predicted molar refractivity (Wildman–Crippen MR) is 237 cm³/mol. The summed E-state index contributed by atoms with van der Waals surface area (Å²) in [6.45, 7) is 0. The summed E-state index contributed by atoms with van der Waals surface area (Å²) in [4.78, 5) is 2.39. The molecule has 0 unspecified atom stereocenters. The lowest BCUT2D eigenvalue weighted by molar-refractivity contribution is 0.669. The summed E-state index contributed by atoms with van der Waals surface area (Å²) in [5, 5.41) is 9.75. The number of anilines is 3. The molecular formula is C54H35NO. The molecule has 11 aromatic rings. The van der Waals surface area contributed by atoms with Crippen molar-refractivity contribution in [2.45, 2.75) is 0 Å². The van der Waals surface area contributed by atoms with Crippen molar-refractivity contribution in [3.05, 3.63) is 212 Å². The first kappa shape index (κ1) is 32.0. The molecule has 0 radical (unpaired) electrons. The maximum atomic E-state index is 6.30. The van der Waals surface area contributed by atoms with E-state index in [9.17, 15) is 0 Å². The fourth-order valence-electron chi connectivity index (χ4n) is 8.48. The van der Waals surface area contributed by atoms with Crippen molar-refractivity contribution >= 4 is 71.3 Å². The highest BCUT2D eigenvalue weighted by molar-refractivity contribution is 6.19. The van der Waals surface area contributed by atoms with Gasteiger partial charge >= 0.3 is 0 Å². The first-order valence-corrected chi connectivity index (χ1v) is 19.2. The summed E-state index contributed by atoms with van der Waals surface area (Å²) in [5.41, 5.74) is 12.2. The Balaban J connectivity index is 1.04. The largest absolute Gasteiger partial charge is 0.456 e. The summed E-state index contributed by atoms with van der Waals surface area (Å²) < 4.78 is 6.30. The van der Waals surface area contributed by atoms with E-state index < -0.39 is 0 Å². The summed E-state index contributed by atoms with van der Waals surface area (Å²) >= 11 is 0. The van der Waals surface area contributed by atoms with Crippen molar-refractivity contribution in [2.24, 2.45) is 0 Å². The molecule has 1 aromatic heterocycles. The van der Waals surface area contributed by atoms with Crippen LogP contribution >= 0.6 is 0 Å². The topological polar surface area (TPSA) is 16.4 Å². The zero-order valence-corrected chi connectivity index (χ0v) is 30.6. The van der Waals surface area contributed by atoms with E-state index in [4.69, 9.17) is 4.42 Å². The normalized spacial score (nSPS) is 11.6. The van der Waals surface area contributed by atoms with Crippen LogP contribution in [-0.4, -0.2) is 0 Å². The molecule has 0 aliphatic heterocycles. The van der Waals surface area contributed by atoms with Crippen LogP contribution in [0, 0.1) is 0 Å². The molecule has 0 N–H and O–H groups in total. The molecule has 0 saturated carbocycles. The highest BCUT2D eigenvalue weighted by Gasteiger charge is 2.19. The SMILES string of the molecule is c1ccc(-c2ccc(N(c3ccc(-c4ccc5c(ccc6ccccc65)c4)cc3)c3ccccc3-c3ccc4ccc5oc6ccccc6c5c4c3)cc2)cc1. The Labute approximate surface area is 325 Å². The second kappa shape index (κ2) is 13.2. The average molecular weight is 714 g/mol. The minimum absolute atomic E-state index is 0.907. The summed E-state index contributed by atoms with van der Waals surface area (Å²) in [7, 11) is 0. The Morgan fingerprint density at radius 2 is 0.857 bits per heavy atom. The van der Waals surface area contributed by atoms with Crippen LogP contribution in [0.3, 0.4) is 0 Å². The van der Waals surface area contributed by atoms with Crippen LogP contribution in [0.25, 0.3) is 87.6 Å². The van der Waals surface area contributed by atoms with Gasteiger partial charge in [0.2, 0.25) is 0 Å². The van der Waals surface area contributed by atoms with Crippen LogP contribution in [0.4, 0.5) is 17.1 Å². The van der Waals surface area contributed by atoms with Gasteiger partial charge in [-0.2, -0.15) is 0 Å². The number of benzene rings is 10. The first-order chi connectivity index (χ1) is 27.7. The molecule has 2 heteroatoms. The Morgan fingerprint density at radius 3 is 1.68 bits per heavy atom. The van der Waals surface area contributed by atoms with Crippen LogP contribution in [0.5, 0.6) is 0 Å². The van der Waals surface area contributed by atoms with E-state index in [0.29, 0.717) is 0 Å². The molecule has 11 rings (SSSR count). The van der Waals surface area contributed by atoms with Crippen LogP contribution in [0.1, 0.15) is 0 Å². The average Bonchev–Trinajstić information content (AvgIpc) is 3.66. The second-order valence-corrected chi connectivity index (χ2v) is 14.5. The van der Waals surface area contributed by atoms with Gasteiger partial charge in [0.1, 0.15) is 11.2 Å². The molecule has 0 aliphatic rings. The third-order valence-electron chi connectivity index (χ3n) is 11.3. The Kier molecular flexibility index (Phi) is 7.53. The predicted octanol–water partition coefficient (Wildman–Crippen LogP) is 15.5. The van der Waals surface area contributed by atoms with Crippen LogP contribution in [0.15, 0.2) is 217 Å². The van der Waals surface area contributed by atoms with Crippen molar-refractivity contribution < 1.29 is 4.42 Å². The van der Waals surface area contributed by atoms with E-state index in [-0.39, 0.29) is 0 Å². The highest BCUT2D eigenvalue weighted by atomic mass is 16.3. The molecule has 2 nitrogen and oxygen atoms in total. The Bertz CT molecular complexity index is 3230. The molecule has 0 fully saturated rings. The molecule has 0 amide bonds. The van der Waals surface area contributed by atoms with Gasteiger partial charge in [-0.3, -0.25) is 0 Å². The first-order valence-electron chi connectivity index (χ1n) is 19.2. The van der Waals surface area contributed by atoms with Crippen molar-refractivity contribution in [1.82, 2.24) is 0 Å². The van der Waals surface area contributed by atoms with Gasteiger partial charge in [-0.25, -0.2) is 0 Å². The fraction of sp³-hybridized carbons (Fsp3) is 0. The van der Waals surface area contributed by atoms with Crippen molar-refractivity contribution in [2.75, 3.05) is 4.90 Å². The van der Waals surface area contributed by atoms with Gasteiger partial charge < -0.3 is 9.32 Å². The number of hydrogen-bond donors (Lipinski definition) is 0. The van der Waals surface area contributed by atoms with E-state index in [1.165, 1.54) is 54.6 Å². The van der Waals surface area contributed by atoms with Gasteiger partial charge in [0, 0.05) is 27.7 Å². The summed E-state index contributed by atoms with van der Waals surface area (Å²) in [5.74, 6) is 0. The van der Waals surface area contributed by atoms with E-state index >= 15 is 0 Å². The van der Waals surface area contributed by atoms with E-state index in [2.05, 4.69) is 205 Å². The third kappa shape index (κ3) is 5.42. The highest BCUT2D eigenvalue weighted by Crippen LogP contribution is 2.44. The number of nitrogens with zero attached hydrogens (tertiary/aromatic N) is 1. The lowest BCUT2D eigenvalue weighted by Gasteiger charge is -2.28. The molecule has 0 aliphatic carbocycles. The van der Waals surface area contributed by atoms with Gasteiger partial charge in [-0.05, 0) is 115 Å². The van der Waals surface area contributed by atoms with Crippen molar-refractivity contribution in [1.29, 1.82) is 0 Å². The van der Waals surface area contributed by atoms with Crippen LogP contribution in [-0.2, 0) is 0 Å². The fourth-order valence-corrected chi connectivity index (χ4v) is 8.48. The quantitative estimate of drug-likeness (QED) is 0.160. The monoisotopic (exact) mass is 713 g/mol. The third-order valence-corrected chi connectivity index (χ3v) is 11.3. The summed E-state index contributed by atoms with van der Waals surface area (Å²) in [6.07, 6.45) is 0. The number of fused-ring (bicyclic) bond motifs is 8. The molecule has 0 spiro atoms. The van der Waals surface area contributed by atoms with Gasteiger partial charge in [0.25, 0.3) is 0 Å². The Hall–Kier alpha value is -7.42.